The van der Waals surface area contributed by atoms with Gasteiger partial charge in [-0.15, -0.1) is 0 Å². The molecule has 2 aromatic rings. The van der Waals surface area contributed by atoms with Gasteiger partial charge < -0.3 is 15.5 Å². The van der Waals surface area contributed by atoms with E-state index in [0.29, 0.717) is 23.5 Å². The van der Waals surface area contributed by atoms with Crippen molar-refractivity contribution >= 4 is 23.3 Å². The molecule has 0 atom stereocenters. The minimum atomic E-state index is -0.258. The second-order valence-corrected chi connectivity index (χ2v) is 6.32. The highest BCUT2D eigenvalue weighted by Gasteiger charge is 2.11. The monoisotopic (exact) mass is 350 g/mol. The number of nitrogens with one attached hydrogen (secondary N) is 2. The molecule has 0 fully saturated rings. The van der Waals surface area contributed by atoms with Gasteiger partial charge in [-0.05, 0) is 42.0 Å². The molecule has 0 aliphatic heterocycles. The van der Waals surface area contributed by atoms with Crippen LogP contribution in [0, 0.1) is 17.2 Å². The Balaban J connectivity index is 1.94. The summed E-state index contributed by atoms with van der Waals surface area (Å²) in [5, 5.41) is 14.5. The zero-order chi connectivity index (χ0) is 19.1. The lowest BCUT2D eigenvalue weighted by Crippen LogP contribution is -2.30. The molecule has 0 spiro atoms. The van der Waals surface area contributed by atoms with Crippen LogP contribution in [0.15, 0.2) is 48.5 Å². The van der Waals surface area contributed by atoms with Crippen LogP contribution in [0.1, 0.15) is 25.0 Å². The van der Waals surface area contributed by atoms with Gasteiger partial charge >= 0.3 is 6.03 Å². The second kappa shape index (κ2) is 8.67. The van der Waals surface area contributed by atoms with Gasteiger partial charge in [0.05, 0.1) is 11.6 Å². The fourth-order valence-corrected chi connectivity index (χ4v) is 2.23. The number of carbonyl (C=O) groups excluding carboxylic acids is 2. The van der Waals surface area contributed by atoms with Gasteiger partial charge in [-0.2, -0.15) is 5.26 Å². The lowest BCUT2D eigenvalue weighted by atomic mass is 10.1. The van der Waals surface area contributed by atoms with Crippen LogP contribution in [0.4, 0.5) is 16.2 Å². The number of anilines is 2. The van der Waals surface area contributed by atoms with E-state index in [1.54, 1.807) is 49.5 Å². The third-order valence-electron chi connectivity index (χ3n) is 3.75. The van der Waals surface area contributed by atoms with Crippen LogP contribution in [-0.2, 0) is 11.3 Å². The number of carbonyl (C=O) groups is 2. The summed E-state index contributed by atoms with van der Waals surface area (Å²) < 4.78 is 0. The Bertz CT molecular complexity index is 822. The SMILES string of the molecule is CC(C)C(=O)Nc1ccc(NC(=O)N(C)Cc2cccc(C#N)c2)cc1. The van der Waals surface area contributed by atoms with Crippen LogP contribution >= 0.6 is 0 Å². The van der Waals surface area contributed by atoms with E-state index in [-0.39, 0.29) is 17.9 Å². The molecule has 0 aliphatic carbocycles. The number of hydrogen-bond donors (Lipinski definition) is 2. The third kappa shape index (κ3) is 5.35. The minimum absolute atomic E-state index is 0.0545. The largest absolute Gasteiger partial charge is 0.326 e. The first kappa shape index (κ1) is 19.0. The number of nitrogens with zero attached hydrogens (tertiary/aromatic N) is 2. The quantitative estimate of drug-likeness (QED) is 0.859. The molecule has 2 rings (SSSR count). The second-order valence-electron chi connectivity index (χ2n) is 6.32. The standard InChI is InChI=1S/C20H22N4O2/c1-14(2)19(25)22-17-7-9-18(10-8-17)23-20(26)24(3)13-16-6-4-5-15(11-16)12-21/h4-11,14H,13H2,1-3H3,(H,22,25)(H,23,26). The minimum Gasteiger partial charge on any atom is -0.326 e. The average molecular weight is 350 g/mol. The molecule has 0 unspecified atom stereocenters. The molecule has 0 saturated heterocycles. The number of urea groups is 1. The van der Waals surface area contributed by atoms with Crippen molar-refractivity contribution in [2.45, 2.75) is 20.4 Å². The molecular formula is C20H22N4O2. The summed E-state index contributed by atoms with van der Waals surface area (Å²) in [5.41, 5.74) is 2.77. The Labute approximate surface area is 153 Å². The average Bonchev–Trinajstić information content (AvgIpc) is 2.63. The Morgan fingerprint density at radius 1 is 1.08 bits per heavy atom. The molecule has 0 heterocycles. The molecule has 0 bridgehead atoms. The number of hydrogen-bond acceptors (Lipinski definition) is 3. The lowest BCUT2D eigenvalue weighted by Gasteiger charge is -2.18. The molecule has 2 N–H and O–H groups in total. The van der Waals surface area contributed by atoms with Gasteiger partial charge in [0.15, 0.2) is 0 Å². The zero-order valence-electron chi connectivity index (χ0n) is 15.1. The summed E-state index contributed by atoms with van der Waals surface area (Å²) in [6.45, 7) is 4.04. The third-order valence-corrected chi connectivity index (χ3v) is 3.75. The zero-order valence-corrected chi connectivity index (χ0v) is 15.1. The lowest BCUT2D eigenvalue weighted by molar-refractivity contribution is -0.118. The summed E-state index contributed by atoms with van der Waals surface area (Å²) in [5.74, 6) is -0.149. The first-order valence-corrected chi connectivity index (χ1v) is 8.31. The number of amides is 3. The maximum Gasteiger partial charge on any atom is 0.321 e. The molecule has 0 radical (unpaired) electrons. The van der Waals surface area contributed by atoms with Crippen LogP contribution in [0.3, 0.4) is 0 Å². The van der Waals surface area contributed by atoms with Gasteiger partial charge in [-0.3, -0.25) is 4.79 Å². The van der Waals surface area contributed by atoms with E-state index < -0.39 is 0 Å². The van der Waals surface area contributed by atoms with Gasteiger partial charge in [0.2, 0.25) is 5.91 Å². The molecule has 134 valence electrons. The molecule has 0 saturated carbocycles. The van der Waals surface area contributed by atoms with Crippen molar-refractivity contribution in [3.63, 3.8) is 0 Å². The molecular weight excluding hydrogens is 328 g/mol. The van der Waals surface area contributed by atoms with E-state index >= 15 is 0 Å². The predicted molar refractivity (Wildman–Crippen MR) is 102 cm³/mol. The van der Waals surface area contributed by atoms with E-state index in [0.717, 1.165) is 5.56 Å². The van der Waals surface area contributed by atoms with Gasteiger partial charge in [0.25, 0.3) is 0 Å². The molecule has 6 heteroatoms. The van der Waals surface area contributed by atoms with Crippen molar-refractivity contribution in [3.8, 4) is 6.07 Å². The van der Waals surface area contributed by atoms with Gasteiger partial charge in [0, 0.05) is 30.9 Å². The van der Waals surface area contributed by atoms with Crippen LogP contribution < -0.4 is 10.6 Å². The maximum atomic E-state index is 12.3. The summed E-state index contributed by atoms with van der Waals surface area (Å²) in [4.78, 5) is 25.5. The maximum absolute atomic E-state index is 12.3. The molecule has 26 heavy (non-hydrogen) atoms. The predicted octanol–water partition coefficient (Wildman–Crippen LogP) is 3.82. The smallest absolute Gasteiger partial charge is 0.321 e. The Hall–Kier alpha value is -3.33. The van der Waals surface area contributed by atoms with Crippen LogP contribution in [0.2, 0.25) is 0 Å². The van der Waals surface area contributed by atoms with Crippen LogP contribution in [0.5, 0.6) is 0 Å². The summed E-state index contributed by atoms with van der Waals surface area (Å²) >= 11 is 0. The fourth-order valence-electron chi connectivity index (χ4n) is 2.23. The van der Waals surface area contributed by atoms with Crippen molar-refractivity contribution in [2.75, 3.05) is 17.7 Å². The fraction of sp³-hybridized carbons (Fsp3) is 0.250. The molecule has 0 aromatic heterocycles. The van der Waals surface area contributed by atoms with Crippen molar-refractivity contribution in [2.24, 2.45) is 5.92 Å². The summed E-state index contributed by atoms with van der Waals surface area (Å²) in [6.07, 6.45) is 0. The first-order chi connectivity index (χ1) is 12.4. The highest BCUT2D eigenvalue weighted by Crippen LogP contribution is 2.15. The van der Waals surface area contributed by atoms with Crippen molar-refractivity contribution < 1.29 is 9.59 Å². The van der Waals surface area contributed by atoms with Gasteiger partial charge in [-0.25, -0.2) is 4.79 Å². The molecule has 3 amide bonds. The topological polar surface area (TPSA) is 85.2 Å². The Kier molecular flexibility index (Phi) is 6.34. The molecule has 0 aliphatic rings. The molecule has 2 aromatic carbocycles. The Morgan fingerprint density at radius 2 is 1.69 bits per heavy atom. The number of rotatable bonds is 5. The molecule has 6 nitrogen and oxygen atoms in total. The van der Waals surface area contributed by atoms with Crippen LogP contribution in [0.25, 0.3) is 0 Å². The van der Waals surface area contributed by atoms with E-state index in [1.165, 1.54) is 4.90 Å². The van der Waals surface area contributed by atoms with E-state index in [2.05, 4.69) is 16.7 Å². The van der Waals surface area contributed by atoms with Crippen molar-refractivity contribution in [1.29, 1.82) is 5.26 Å². The number of benzene rings is 2. The summed E-state index contributed by atoms with van der Waals surface area (Å²) in [6, 6.07) is 15.9. The first-order valence-electron chi connectivity index (χ1n) is 8.31. The normalized spacial score (nSPS) is 10.1. The highest BCUT2D eigenvalue weighted by molar-refractivity contribution is 5.93. The van der Waals surface area contributed by atoms with E-state index in [4.69, 9.17) is 5.26 Å². The van der Waals surface area contributed by atoms with E-state index in [1.807, 2.05) is 19.9 Å². The summed E-state index contributed by atoms with van der Waals surface area (Å²) in [7, 11) is 1.69. The van der Waals surface area contributed by atoms with Gasteiger partial charge in [-0.1, -0.05) is 26.0 Å². The van der Waals surface area contributed by atoms with Crippen molar-refractivity contribution in [1.82, 2.24) is 4.90 Å². The van der Waals surface area contributed by atoms with E-state index in [9.17, 15) is 9.59 Å². The Morgan fingerprint density at radius 3 is 2.27 bits per heavy atom. The van der Waals surface area contributed by atoms with Crippen LogP contribution in [-0.4, -0.2) is 23.9 Å². The number of nitriles is 1. The highest BCUT2D eigenvalue weighted by atomic mass is 16.2. The van der Waals surface area contributed by atoms with Gasteiger partial charge in [0.1, 0.15) is 0 Å². The van der Waals surface area contributed by atoms with Crippen molar-refractivity contribution in [3.05, 3.63) is 59.7 Å².